The summed E-state index contributed by atoms with van der Waals surface area (Å²) in [5.41, 5.74) is 3.77. The minimum absolute atomic E-state index is 0.0594. The average Bonchev–Trinajstić information content (AvgIpc) is 3.19. The summed E-state index contributed by atoms with van der Waals surface area (Å²) in [4.78, 5) is 55.0. The highest BCUT2D eigenvalue weighted by molar-refractivity contribution is 6.22. The van der Waals surface area contributed by atoms with Gasteiger partial charge in [-0.25, -0.2) is 4.79 Å². The van der Waals surface area contributed by atoms with Crippen LogP contribution in [0, 0.1) is 0 Å². The standard InChI is InChI=1S/C29H27N3O5/c33-26(15-14-25(29(36)37)32-27(34)23-8-4-5-9-24(23)28(32)35)31-18-16-30(17-19-31)22-12-10-21(11-13-22)20-6-2-1-3-7-20/h1-13,25H,14-19H2,(H,36,37)/t25-/m0/s1. The second kappa shape index (κ2) is 10.3. The predicted octanol–water partition coefficient (Wildman–Crippen LogP) is 3.53. The fraction of sp³-hybridized carbons (Fsp3) is 0.241. The fourth-order valence-electron chi connectivity index (χ4n) is 4.98. The number of benzene rings is 3. The van der Waals surface area contributed by atoms with E-state index in [2.05, 4.69) is 41.3 Å². The van der Waals surface area contributed by atoms with Crippen LogP contribution in [0.5, 0.6) is 0 Å². The van der Waals surface area contributed by atoms with Crippen LogP contribution in [0.3, 0.4) is 0 Å². The zero-order chi connectivity index (χ0) is 25.9. The number of fused-ring (bicyclic) bond motifs is 1. The fourth-order valence-corrected chi connectivity index (χ4v) is 4.98. The highest BCUT2D eigenvalue weighted by atomic mass is 16.4. The van der Waals surface area contributed by atoms with Gasteiger partial charge in [0.05, 0.1) is 11.1 Å². The van der Waals surface area contributed by atoms with Crippen LogP contribution >= 0.6 is 0 Å². The molecule has 8 heteroatoms. The van der Waals surface area contributed by atoms with Gasteiger partial charge in [-0.15, -0.1) is 0 Å². The Bertz CT molecular complexity index is 1300. The van der Waals surface area contributed by atoms with E-state index in [4.69, 9.17) is 0 Å². The van der Waals surface area contributed by atoms with Crippen molar-refractivity contribution in [3.8, 4) is 11.1 Å². The largest absolute Gasteiger partial charge is 0.480 e. The van der Waals surface area contributed by atoms with Crippen molar-refractivity contribution < 1.29 is 24.3 Å². The molecule has 8 nitrogen and oxygen atoms in total. The van der Waals surface area contributed by atoms with E-state index in [9.17, 15) is 24.3 Å². The van der Waals surface area contributed by atoms with E-state index in [1.54, 1.807) is 17.0 Å². The lowest BCUT2D eigenvalue weighted by Gasteiger charge is -2.36. The van der Waals surface area contributed by atoms with Gasteiger partial charge >= 0.3 is 5.97 Å². The second-order valence-electron chi connectivity index (χ2n) is 9.20. The Hall–Kier alpha value is -4.46. The maximum Gasteiger partial charge on any atom is 0.326 e. The van der Waals surface area contributed by atoms with E-state index >= 15 is 0 Å². The molecule has 1 saturated heterocycles. The van der Waals surface area contributed by atoms with Gasteiger partial charge in [0.15, 0.2) is 0 Å². The smallest absolute Gasteiger partial charge is 0.326 e. The van der Waals surface area contributed by atoms with Crippen molar-refractivity contribution in [2.24, 2.45) is 0 Å². The highest BCUT2D eigenvalue weighted by Gasteiger charge is 2.42. The third-order valence-corrected chi connectivity index (χ3v) is 7.03. The summed E-state index contributed by atoms with van der Waals surface area (Å²) in [6, 6.07) is 23.4. The summed E-state index contributed by atoms with van der Waals surface area (Å²) in [5.74, 6) is -2.74. The number of carboxylic acid groups (broad SMARTS) is 1. The Morgan fingerprint density at radius 3 is 1.84 bits per heavy atom. The van der Waals surface area contributed by atoms with Crippen LogP contribution in [0.25, 0.3) is 11.1 Å². The van der Waals surface area contributed by atoms with Gasteiger partial charge in [-0.2, -0.15) is 0 Å². The minimum Gasteiger partial charge on any atom is -0.480 e. The van der Waals surface area contributed by atoms with Gasteiger partial charge in [0.1, 0.15) is 6.04 Å². The summed E-state index contributed by atoms with van der Waals surface area (Å²) in [5, 5.41) is 9.75. The first-order chi connectivity index (χ1) is 17.9. The molecule has 0 unspecified atom stereocenters. The molecule has 1 atom stereocenters. The molecule has 2 aliphatic rings. The first kappa shape index (κ1) is 24.2. The van der Waals surface area contributed by atoms with Crippen molar-refractivity contribution in [1.82, 2.24) is 9.80 Å². The molecule has 1 N–H and O–H groups in total. The van der Waals surface area contributed by atoms with Crippen LogP contribution in [0.2, 0.25) is 0 Å². The number of amides is 3. The summed E-state index contributed by atoms with van der Waals surface area (Å²) < 4.78 is 0. The summed E-state index contributed by atoms with van der Waals surface area (Å²) >= 11 is 0. The number of carboxylic acids is 1. The van der Waals surface area contributed by atoms with Gasteiger partial charge in [-0.1, -0.05) is 54.6 Å². The summed E-state index contributed by atoms with van der Waals surface area (Å²) in [7, 11) is 0. The number of anilines is 1. The van der Waals surface area contributed by atoms with E-state index in [0.29, 0.717) is 26.2 Å². The Kier molecular flexibility index (Phi) is 6.72. The van der Waals surface area contributed by atoms with Crippen LogP contribution in [0.4, 0.5) is 5.69 Å². The van der Waals surface area contributed by atoms with Crippen LogP contribution in [-0.4, -0.2) is 70.8 Å². The average molecular weight is 498 g/mol. The van der Waals surface area contributed by atoms with E-state index < -0.39 is 23.8 Å². The molecule has 3 amide bonds. The molecule has 3 aromatic carbocycles. The predicted molar refractivity (Wildman–Crippen MR) is 138 cm³/mol. The molecule has 2 heterocycles. The third-order valence-electron chi connectivity index (χ3n) is 7.03. The van der Waals surface area contributed by atoms with Crippen molar-refractivity contribution in [2.45, 2.75) is 18.9 Å². The van der Waals surface area contributed by atoms with Gasteiger partial charge in [0, 0.05) is 38.3 Å². The molecule has 0 bridgehead atoms. The number of aliphatic carboxylic acids is 1. The lowest BCUT2D eigenvalue weighted by atomic mass is 10.1. The van der Waals surface area contributed by atoms with Crippen LogP contribution in [0.15, 0.2) is 78.9 Å². The molecule has 0 radical (unpaired) electrons. The molecule has 3 aromatic rings. The van der Waals surface area contributed by atoms with Crippen molar-refractivity contribution in [3.05, 3.63) is 90.0 Å². The molecule has 0 spiro atoms. The monoisotopic (exact) mass is 497 g/mol. The van der Waals surface area contributed by atoms with Gasteiger partial charge < -0.3 is 14.9 Å². The molecule has 0 aromatic heterocycles. The molecular formula is C29H27N3O5. The van der Waals surface area contributed by atoms with Crippen LogP contribution < -0.4 is 4.90 Å². The first-order valence-corrected chi connectivity index (χ1v) is 12.3. The molecule has 188 valence electrons. The first-order valence-electron chi connectivity index (χ1n) is 12.3. The Morgan fingerprint density at radius 2 is 1.27 bits per heavy atom. The second-order valence-corrected chi connectivity index (χ2v) is 9.20. The molecule has 1 fully saturated rings. The van der Waals surface area contributed by atoms with E-state index in [1.807, 2.05) is 18.2 Å². The lowest BCUT2D eigenvalue weighted by molar-refractivity contribution is -0.142. The molecule has 2 aliphatic heterocycles. The van der Waals surface area contributed by atoms with Crippen molar-refractivity contribution in [3.63, 3.8) is 0 Å². The van der Waals surface area contributed by atoms with Crippen LogP contribution in [-0.2, 0) is 9.59 Å². The highest BCUT2D eigenvalue weighted by Crippen LogP contribution is 2.27. The number of hydrogen-bond donors (Lipinski definition) is 1. The third kappa shape index (κ3) is 4.82. The maximum atomic E-state index is 12.9. The van der Waals surface area contributed by atoms with Gasteiger partial charge in [-0.05, 0) is 41.8 Å². The zero-order valence-corrected chi connectivity index (χ0v) is 20.2. The van der Waals surface area contributed by atoms with E-state index in [-0.39, 0.29) is 29.9 Å². The molecular weight excluding hydrogens is 470 g/mol. The van der Waals surface area contributed by atoms with Gasteiger partial charge in [0.25, 0.3) is 11.8 Å². The minimum atomic E-state index is -1.39. The van der Waals surface area contributed by atoms with Crippen molar-refractivity contribution in [2.75, 3.05) is 31.1 Å². The quantitative estimate of drug-likeness (QED) is 0.502. The normalized spacial score (nSPS) is 16.1. The van der Waals surface area contributed by atoms with Crippen LogP contribution in [0.1, 0.15) is 33.6 Å². The SMILES string of the molecule is O=C(O)[C@H](CCC(=O)N1CCN(c2ccc(-c3ccccc3)cc2)CC1)N1C(=O)c2ccccc2C1=O. The molecule has 37 heavy (non-hydrogen) atoms. The Morgan fingerprint density at radius 1 is 0.730 bits per heavy atom. The number of hydrogen-bond acceptors (Lipinski definition) is 5. The summed E-state index contributed by atoms with van der Waals surface area (Å²) in [6.45, 7) is 2.36. The maximum absolute atomic E-state index is 12.9. The Labute approximate surface area is 214 Å². The van der Waals surface area contributed by atoms with Gasteiger partial charge in [-0.3, -0.25) is 19.3 Å². The molecule has 0 saturated carbocycles. The number of carbonyl (C=O) groups is 4. The zero-order valence-electron chi connectivity index (χ0n) is 20.2. The number of rotatable bonds is 7. The molecule has 0 aliphatic carbocycles. The van der Waals surface area contributed by atoms with Crippen molar-refractivity contribution in [1.29, 1.82) is 0 Å². The topological polar surface area (TPSA) is 98.2 Å². The Balaban J connectivity index is 1.16. The number of nitrogens with zero attached hydrogens (tertiary/aromatic N) is 3. The number of imide groups is 1. The number of piperazine rings is 1. The van der Waals surface area contributed by atoms with E-state index in [1.165, 1.54) is 12.1 Å². The van der Waals surface area contributed by atoms with E-state index in [0.717, 1.165) is 21.7 Å². The summed E-state index contributed by atoms with van der Waals surface area (Å²) in [6.07, 6.45) is -0.184. The van der Waals surface area contributed by atoms with Crippen molar-refractivity contribution >= 4 is 29.4 Å². The lowest BCUT2D eigenvalue weighted by Crippen LogP contribution is -2.49. The van der Waals surface area contributed by atoms with Gasteiger partial charge in [0.2, 0.25) is 5.91 Å². The molecule has 5 rings (SSSR count). The number of carbonyl (C=O) groups excluding carboxylic acids is 3.